The number of imidazole rings is 2. The molecule has 3 N–H and O–H groups in total. The molecule has 18 heteroatoms. The molecular weight excluding hydrogens is 889 g/mol. The highest BCUT2D eigenvalue weighted by Crippen LogP contribution is 2.36. The zero-order valence-electron chi connectivity index (χ0n) is 37.1. The lowest BCUT2D eigenvalue weighted by Crippen LogP contribution is -2.55. The van der Waals surface area contributed by atoms with Gasteiger partial charge in [-0.1, -0.05) is 55.5 Å². The largest absolute Gasteiger partial charge is 0.490 e. The Bertz CT molecular complexity index is 3270. The molecule has 0 spiro atoms. The maximum absolute atomic E-state index is 14.3. The highest BCUT2D eigenvalue weighted by molar-refractivity contribution is 7.23. The Kier molecular flexibility index (Phi) is 11.6. The lowest BCUT2D eigenvalue weighted by Gasteiger charge is -2.35. The van der Waals surface area contributed by atoms with Crippen molar-refractivity contribution in [1.29, 1.82) is 5.26 Å². The topological polar surface area (TPSA) is 192 Å². The highest BCUT2D eigenvalue weighted by atomic mass is 32.1. The van der Waals surface area contributed by atoms with Gasteiger partial charge in [-0.2, -0.15) is 5.26 Å². The summed E-state index contributed by atoms with van der Waals surface area (Å²) in [6.07, 6.45) is 2.98. The number of thiazole rings is 2. The minimum Gasteiger partial charge on any atom is -0.490 e. The number of aromatic nitrogens is 5. The molecule has 3 atom stereocenters. The zero-order valence-corrected chi connectivity index (χ0v) is 38.7. The fourth-order valence-corrected chi connectivity index (χ4v) is 11.0. The van der Waals surface area contributed by atoms with E-state index in [1.54, 1.807) is 28.6 Å². The van der Waals surface area contributed by atoms with Gasteiger partial charge in [0.25, 0.3) is 5.91 Å². The summed E-state index contributed by atoms with van der Waals surface area (Å²) in [5.41, 5.74) is 9.32. The summed E-state index contributed by atoms with van der Waals surface area (Å²) in [5.74, 6) is 0.801. The van der Waals surface area contributed by atoms with Crippen LogP contribution in [0, 0.1) is 24.2 Å². The van der Waals surface area contributed by atoms with Crippen LogP contribution in [0.15, 0.2) is 90.7 Å². The Balaban J connectivity index is 0.815. The van der Waals surface area contributed by atoms with E-state index >= 15 is 0 Å². The first-order valence-electron chi connectivity index (χ1n) is 22.0. The molecular formula is C49H46N10O6S2. The van der Waals surface area contributed by atoms with Gasteiger partial charge >= 0.3 is 0 Å². The predicted octanol–water partition coefficient (Wildman–Crippen LogP) is 6.93. The van der Waals surface area contributed by atoms with Gasteiger partial charge in [0.2, 0.25) is 11.8 Å². The minimum absolute atomic E-state index is 0.00573. The first kappa shape index (κ1) is 43.6. The van der Waals surface area contributed by atoms with Gasteiger partial charge in [0.1, 0.15) is 59.6 Å². The van der Waals surface area contributed by atoms with E-state index in [-0.39, 0.29) is 50.5 Å². The van der Waals surface area contributed by atoms with Crippen LogP contribution in [0.1, 0.15) is 53.0 Å². The number of nitriles is 1. The Morgan fingerprint density at radius 2 is 1.87 bits per heavy atom. The molecule has 2 unspecified atom stereocenters. The van der Waals surface area contributed by atoms with Crippen LogP contribution in [-0.2, 0) is 22.7 Å². The third-order valence-electron chi connectivity index (χ3n) is 12.4. The SMILES string of the molecule is CNc1c(-c2cn3c(n2)sc2cc(OCCOc4cc(-c5scnc5C)ccc4CNC(=O)C4CC(O)CN4C(=O)[C@H](C(C)C)N4Cc5ccccc5C4=O)ccc23)nc2cc(C#N)ccn12. The molecule has 1 fully saturated rings. The fourth-order valence-electron chi connectivity index (χ4n) is 9.14. The second kappa shape index (κ2) is 17.8. The van der Waals surface area contributed by atoms with Crippen molar-refractivity contribution in [2.75, 3.05) is 32.1 Å². The highest BCUT2D eigenvalue weighted by Gasteiger charge is 2.46. The molecule has 2 aliphatic rings. The maximum Gasteiger partial charge on any atom is 0.255 e. The average molecular weight is 935 g/mol. The Hall–Kier alpha value is -7.33. The number of nitrogens with one attached hydrogen (secondary N) is 2. The van der Waals surface area contributed by atoms with E-state index in [2.05, 4.69) is 21.7 Å². The molecule has 3 amide bonds. The smallest absolute Gasteiger partial charge is 0.255 e. The van der Waals surface area contributed by atoms with E-state index in [0.717, 1.165) is 48.3 Å². The number of likely N-dealkylation sites (tertiary alicyclic amines) is 1. The van der Waals surface area contributed by atoms with Crippen LogP contribution in [0.2, 0.25) is 0 Å². The van der Waals surface area contributed by atoms with Gasteiger partial charge in [-0.3, -0.25) is 23.2 Å². The molecule has 340 valence electrons. The zero-order chi connectivity index (χ0) is 46.5. The van der Waals surface area contributed by atoms with Gasteiger partial charge in [-0.25, -0.2) is 15.0 Å². The van der Waals surface area contributed by atoms with Crippen LogP contribution in [0.3, 0.4) is 0 Å². The maximum atomic E-state index is 14.3. The second-order valence-corrected chi connectivity index (χ2v) is 18.9. The van der Waals surface area contributed by atoms with Crippen LogP contribution in [0.25, 0.3) is 42.7 Å². The quantitative estimate of drug-likeness (QED) is 0.0959. The third kappa shape index (κ3) is 8.08. The molecule has 0 bridgehead atoms. The molecule has 0 aliphatic carbocycles. The number of carbonyl (C=O) groups is 3. The number of anilines is 1. The number of fused-ring (bicyclic) bond motifs is 5. The molecule has 67 heavy (non-hydrogen) atoms. The van der Waals surface area contributed by atoms with Crippen molar-refractivity contribution in [3.8, 4) is 39.4 Å². The summed E-state index contributed by atoms with van der Waals surface area (Å²) >= 11 is 3.06. The summed E-state index contributed by atoms with van der Waals surface area (Å²) in [4.78, 5) is 60.7. The Labute approximate surface area is 393 Å². The number of hydrogen-bond donors (Lipinski definition) is 3. The molecule has 16 nitrogen and oxygen atoms in total. The van der Waals surface area contributed by atoms with Crippen molar-refractivity contribution in [3.63, 3.8) is 0 Å². The predicted molar refractivity (Wildman–Crippen MR) is 255 cm³/mol. The van der Waals surface area contributed by atoms with Gasteiger partial charge in [-0.15, -0.1) is 11.3 Å². The van der Waals surface area contributed by atoms with Crippen LogP contribution < -0.4 is 20.1 Å². The third-order valence-corrected chi connectivity index (χ3v) is 14.4. The number of ether oxygens (including phenoxy) is 2. The van der Waals surface area contributed by atoms with E-state index in [0.29, 0.717) is 46.2 Å². The first-order chi connectivity index (χ1) is 32.5. The molecule has 10 rings (SSSR count). The summed E-state index contributed by atoms with van der Waals surface area (Å²) in [5, 5.41) is 26.4. The number of β-amino-alcohol motifs (C(OH)–C–C–N with tert-alkyl or cyclic N) is 1. The van der Waals surface area contributed by atoms with Crippen LogP contribution in [-0.4, -0.2) is 101 Å². The van der Waals surface area contributed by atoms with E-state index in [1.807, 2.05) is 104 Å². The van der Waals surface area contributed by atoms with Crippen molar-refractivity contribution in [2.24, 2.45) is 5.92 Å². The molecule has 1 saturated heterocycles. The summed E-state index contributed by atoms with van der Waals surface area (Å²) < 4.78 is 17.5. The van der Waals surface area contributed by atoms with Crippen LogP contribution in [0.5, 0.6) is 11.5 Å². The minimum atomic E-state index is -0.921. The molecule has 5 aromatic heterocycles. The second-order valence-electron chi connectivity index (χ2n) is 17.0. The standard InChI is InChI=1S/C49H46N10O6S2/c1-27(2)43(59-23-32-7-5-6-8-35(32)47(59)62)48(63)57-24-33(60)19-38(57)46(61)52-22-31-10-9-30(44-28(3)53-26-66-44)18-39(31)65-16-15-64-34-11-12-37-40(20-34)67-49-54-36(25-58(37)49)42-45(51-4)56-14-13-29(21-50)17-41(56)55-42/h5-14,17-18,20,25-27,33,38,43,51,60H,15-16,19,22-24H2,1-4H3,(H,52,61)/t33?,38?,43-/m0/s1. The number of pyridine rings is 1. The summed E-state index contributed by atoms with van der Waals surface area (Å²) in [6.45, 7) is 6.58. The normalized spacial score (nSPS) is 16.3. The average Bonchev–Trinajstić information content (AvgIpc) is 4.19. The van der Waals surface area contributed by atoms with Crippen molar-refractivity contribution in [3.05, 3.63) is 119 Å². The van der Waals surface area contributed by atoms with E-state index in [9.17, 15) is 24.8 Å². The number of benzene rings is 3. The molecule has 0 saturated carbocycles. The van der Waals surface area contributed by atoms with Crippen molar-refractivity contribution < 1.29 is 29.0 Å². The molecule has 3 aromatic carbocycles. The first-order valence-corrected chi connectivity index (χ1v) is 23.6. The molecule has 0 radical (unpaired) electrons. The monoisotopic (exact) mass is 934 g/mol. The van der Waals surface area contributed by atoms with E-state index < -0.39 is 24.1 Å². The Morgan fingerprint density at radius 1 is 1.03 bits per heavy atom. The van der Waals surface area contributed by atoms with Gasteiger partial charge in [0.05, 0.1) is 44.0 Å². The van der Waals surface area contributed by atoms with Gasteiger partial charge in [0, 0.05) is 56.6 Å². The molecule has 2 aliphatic heterocycles. The van der Waals surface area contributed by atoms with Crippen LogP contribution >= 0.6 is 22.7 Å². The number of amides is 3. The number of aliphatic hydroxyl groups excluding tert-OH is 1. The number of aliphatic hydroxyl groups is 1. The van der Waals surface area contributed by atoms with Gasteiger partial charge < -0.3 is 35.0 Å². The lowest BCUT2D eigenvalue weighted by molar-refractivity contribution is -0.143. The van der Waals surface area contributed by atoms with Crippen LogP contribution in [0.4, 0.5) is 5.82 Å². The van der Waals surface area contributed by atoms with Crippen molar-refractivity contribution in [2.45, 2.75) is 58.5 Å². The Morgan fingerprint density at radius 3 is 2.64 bits per heavy atom. The number of carbonyl (C=O) groups excluding carboxylic acids is 3. The summed E-state index contributed by atoms with van der Waals surface area (Å²) in [7, 11) is 1.83. The number of rotatable bonds is 14. The summed E-state index contributed by atoms with van der Waals surface area (Å²) in [6, 6.07) is 23.0. The van der Waals surface area contributed by atoms with Gasteiger partial charge in [0.15, 0.2) is 4.96 Å². The van der Waals surface area contributed by atoms with Crippen molar-refractivity contribution in [1.82, 2.24) is 38.9 Å². The molecule has 8 aromatic rings. The number of hydrogen-bond acceptors (Lipinski definition) is 13. The van der Waals surface area contributed by atoms with E-state index in [1.165, 1.54) is 27.6 Å². The molecule has 7 heterocycles. The number of aryl methyl sites for hydroxylation is 1. The number of nitrogens with zero attached hydrogens (tertiary/aromatic N) is 8. The fraction of sp³-hybridized carbons (Fsp3) is 0.286. The van der Waals surface area contributed by atoms with E-state index in [4.69, 9.17) is 19.4 Å². The lowest BCUT2D eigenvalue weighted by atomic mass is 10.0. The van der Waals surface area contributed by atoms with Crippen molar-refractivity contribution >= 4 is 67.0 Å². The van der Waals surface area contributed by atoms with Gasteiger partial charge in [-0.05, 0) is 66.4 Å².